The molecule has 0 spiro atoms. The number of benzene rings is 1. The van der Waals surface area contributed by atoms with Crippen molar-refractivity contribution in [2.45, 2.75) is 26.2 Å². The average Bonchev–Trinajstić information content (AvgIpc) is 2.26. The summed E-state index contributed by atoms with van der Waals surface area (Å²) in [7, 11) is 3.96. The molecule has 0 unspecified atom stereocenters. The molecule has 0 aromatic heterocycles. The fourth-order valence-electron chi connectivity index (χ4n) is 1.52. The van der Waals surface area contributed by atoms with Gasteiger partial charge in [-0.05, 0) is 25.6 Å². The molecule has 0 atom stereocenters. The van der Waals surface area contributed by atoms with Crippen LogP contribution in [0.15, 0.2) is 24.3 Å². The first-order valence-electron chi connectivity index (χ1n) is 5.78. The standard InChI is InChI=1S/C14H21NO.ClH/c1-11(2)12-5-7-13(8-6-12)14(16)9-10-15(3)4;/h5-8,11H,9-10H2,1-4H3;1H. The first-order valence-corrected chi connectivity index (χ1v) is 5.78. The lowest BCUT2D eigenvalue weighted by Gasteiger charge is -2.09. The van der Waals surface area contributed by atoms with E-state index in [-0.39, 0.29) is 18.2 Å². The number of rotatable bonds is 5. The van der Waals surface area contributed by atoms with Crippen molar-refractivity contribution in [3.05, 3.63) is 35.4 Å². The maximum Gasteiger partial charge on any atom is 0.164 e. The number of carbonyl (C=O) groups is 1. The Morgan fingerprint density at radius 3 is 2.12 bits per heavy atom. The van der Waals surface area contributed by atoms with Crippen molar-refractivity contribution in [3.63, 3.8) is 0 Å². The van der Waals surface area contributed by atoms with Crippen LogP contribution in [0.25, 0.3) is 0 Å². The van der Waals surface area contributed by atoms with Gasteiger partial charge in [0, 0.05) is 18.5 Å². The molecule has 0 bridgehead atoms. The molecule has 0 saturated carbocycles. The van der Waals surface area contributed by atoms with Crippen molar-refractivity contribution in [2.75, 3.05) is 20.6 Å². The predicted octanol–water partition coefficient (Wildman–Crippen LogP) is 3.37. The highest BCUT2D eigenvalue weighted by Gasteiger charge is 2.06. The summed E-state index contributed by atoms with van der Waals surface area (Å²) in [5, 5.41) is 0. The van der Waals surface area contributed by atoms with Gasteiger partial charge in [-0.15, -0.1) is 12.4 Å². The third kappa shape index (κ3) is 5.33. The van der Waals surface area contributed by atoms with E-state index in [0.29, 0.717) is 12.3 Å². The molecule has 0 amide bonds. The highest BCUT2D eigenvalue weighted by Crippen LogP contribution is 2.15. The fourth-order valence-corrected chi connectivity index (χ4v) is 1.52. The summed E-state index contributed by atoms with van der Waals surface area (Å²) < 4.78 is 0. The molecule has 0 radical (unpaired) electrons. The lowest BCUT2D eigenvalue weighted by atomic mass is 10.00. The molecule has 17 heavy (non-hydrogen) atoms. The van der Waals surface area contributed by atoms with E-state index in [1.54, 1.807) is 0 Å². The van der Waals surface area contributed by atoms with Gasteiger partial charge in [0.05, 0.1) is 0 Å². The number of hydrogen-bond acceptors (Lipinski definition) is 2. The van der Waals surface area contributed by atoms with E-state index in [1.165, 1.54) is 5.56 Å². The van der Waals surface area contributed by atoms with Gasteiger partial charge in [0.15, 0.2) is 5.78 Å². The van der Waals surface area contributed by atoms with Crippen molar-refractivity contribution in [2.24, 2.45) is 0 Å². The van der Waals surface area contributed by atoms with Gasteiger partial charge >= 0.3 is 0 Å². The third-order valence-electron chi connectivity index (χ3n) is 2.69. The van der Waals surface area contributed by atoms with Crippen LogP contribution in [0.3, 0.4) is 0 Å². The van der Waals surface area contributed by atoms with Crippen LogP contribution in [0.1, 0.15) is 42.1 Å². The van der Waals surface area contributed by atoms with Gasteiger partial charge < -0.3 is 4.90 Å². The van der Waals surface area contributed by atoms with Crippen molar-refractivity contribution in [1.82, 2.24) is 4.90 Å². The summed E-state index contributed by atoms with van der Waals surface area (Å²) in [6.07, 6.45) is 0.591. The molecule has 0 heterocycles. The van der Waals surface area contributed by atoms with Gasteiger partial charge in [-0.1, -0.05) is 38.1 Å². The molecular weight excluding hydrogens is 234 g/mol. The Morgan fingerprint density at radius 2 is 1.71 bits per heavy atom. The summed E-state index contributed by atoms with van der Waals surface area (Å²) in [6.45, 7) is 5.12. The van der Waals surface area contributed by atoms with E-state index in [9.17, 15) is 4.79 Å². The summed E-state index contributed by atoms with van der Waals surface area (Å²) >= 11 is 0. The minimum atomic E-state index is 0. The molecule has 0 aliphatic rings. The van der Waals surface area contributed by atoms with E-state index in [2.05, 4.69) is 13.8 Å². The summed E-state index contributed by atoms with van der Waals surface area (Å²) in [6, 6.07) is 7.97. The number of hydrogen-bond donors (Lipinski definition) is 0. The van der Waals surface area contributed by atoms with Crippen LogP contribution >= 0.6 is 12.4 Å². The second kappa shape index (κ2) is 7.46. The predicted molar refractivity (Wildman–Crippen MR) is 75.3 cm³/mol. The van der Waals surface area contributed by atoms with E-state index in [4.69, 9.17) is 0 Å². The smallest absolute Gasteiger partial charge is 0.164 e. The number of carbonyl (C=O) groups excluding carboxylic acids is 1. The molecule has 96 valence electrons. The summed E-state index contributed by atoms with van der Waals surface area (Å²) in [4.78, 5) is 13.8. The maximum absolute atomic E-state index is 11.8. The normalized spacial score (nSPS) is 10.5. The van der Waals surface area contributed by atoms with Gasteiger partial charge in [-0.3, -0.25) is 4.79 Å². The van der Waals surface area contributed by atoms with E-state index >= 15 is 0 Å². The van der Waals surface area contributed by atoms with E-state index < -0.39 is 0 Å². The Hall–Kier alpha value is -0.860. The van der Waals surface area contributed by atoms with Gasteiger partial charge in [0.2, 0.25) is 0 Å². The molecule has 0 N–H and O–H groups in total. The fraction of sp³-hybridized carbons (Fsp3) is 0.500. The van der Waals surface area contributed by atoms with Crippen LogP contribution in [0.2, 0.25) is 0 Å². The first kappa shape index (κ1) is 16.1. The second-order valence-electron chi connectivity index (χ2n) is 4.75. The molecule has 1 aromatic rings. The Labute approximate surface area is 110 Å². The van der Waals surface area contributed by atoms with E-state index in [0.717, 1.165) is 12.1 Å². The minimum absolute atomic E-state index is 0. The maximum atomic E-state index is 11.8. The van der Waals surface area contributed by atoms with Gasteiger partial charge in [0.1, 0.15) is 0 Å². The van der Waals surface area contributed by atoms with Crippen molar-refractivity contribution < 1.29 is 4.79 Å². The van der Waals surface area contributed by atoms with Crippen LogP contribution in [0.4, 0.5) is 0 Å². The largest absolute Gasteiger partial charge is 0.309 e. The zero-order valence-corrected chi connectivity index (χ0v) is 11.9. The first-order chi connectivity index (χ1) is 7.50. The van der Waals surface area contributed by atoms with Crippen LogP contribution in [0, 0.1) is 0 Å². The quantitative estimate of drug-likeness (QED) is 0.752. The SMILES string of the molecule is CC(C)c1ccc(C(=O)CCN(C)C)cc1.Cl. The molecule has 1 aromatic carbocycles. The average molecular weight is 256 g/mol. The number of halogens is 1. The minimum Gasteiger partial charge on any atom is -0.309 e. The Morgan fingerprint density at radius 1 is 1.18 bits per heavy atom. The molecule has 0 aliphatic carbocycles. The molecule has 3 heteroatoms. The molecule has 2 nitrogen and oxygen atoms in total. The van der Waals surface area contributed by atoms with Crippen molar-refractivity contribution in [1.29, 1.82) is 0 Å². The molecule has 0 fully saturated rings. The highest BCUT2D eigenvalue weighted by molar-refractivity contribution is 5.96. The molecule has 0 aliphatic heterocycles. The van der Waals surface area contributed by atoms with Gasteiger partial charge in [-0.2, -0.15) is 0 Å². The van der Waals surface area contributed by atoms with Crippen LogP contribution in [-0.4, -0.2) is 31.3 Å². The second-order valence-corrected chi connectivity index (χ2v) is 4.75. The van der Waals surface area contributed by atoms with Crippen molar-refractivity contribution in [3.8, 4) is 0 Å². The topological polar surface area (TPSA) is 20.3 Å². The Balaban J connectivity index is 0.00000256. The lowest BCUT2D eigenvalue weighted by molar-refractivity contribution is 0.0972. The number of ketones is 1. The summed E-state index contributed by atoms with van der Waals surface area (Å²) in [5.74, 6) is 0.745. The number of Topliss-reactive ketones (excluding diaryl/α,β-unsaturated/α-hetero) is 1. The zero-order valence-electron chi connectivity index (χ0n) is 11.1. The van der Waals surface area contributed by atoms with Gasteiger partial charge in [0.25, 0.3) is 0 Å². The Kier molecular flexibility index (Phi) is 7.09. The molecule has 1 rings (SSSR count). The monoisotopic (exact) mass is 255 g/mol. The van der Waals surface area contributed by atoms with Crippen molar-refractivity contribution >= 4 is 18.2 Å². The van der Waals surface area contributed by atoms with Gasteiger partial charge in [-0.25, -0.2) is 0 Å². The van der Waals surface area contributed by atoms with E-state index in [1.807, 2.05) is 43.3 Å². The summed E-state index contributed by atoms with van der Waals surface area (Å²) in [5.41, 5.74) is 2.11. The Bertz CT molecular complexity index is 344. The molecular formula is C14H22ClNO. The highest BCUT2D eigenvalue weighted by atomic mass is 35.5. The van der Waals surface area contributed by atoms with Crippen LogP contribution in [-0.2, 0) is 0 Å². The molecule has 0 saturated heterocycles. The zero-order chi connectivity index (χ0) is 12.1. The van der Waals surface area contributed by atoms with Crippen LogP contribution < -0.4 is 0 Å². The van der Waals surface area contributed by atoms with Crippen LogP contribution in [0.5, 0.6) is 0 Å². The third-order valence-corrected chi connectivity index (χ3v) is 2.69. The lowest BCUT2D eigenvalue weighted by Crippen LogP contribution is -2.16. The number of nitrogens with zero attached hydrogens (tertiary/aromatic N) is 1.